The third-order valence-corrected chi connectivity index (χ3v) is 6.55. The van der Waals surface area contributed by atoms with E-state index in [4.69, 9.17) is 4.74 Å². The molecular formula is C23H31N3O4. The lowest BCUT2D eigenvalue weighted by molar-refractivity contribution is -0.121. The van der Waals surface area contributed by atoms with E-state index in [0.717, 1.165) is 44.3 Å². The largest absolute Gasteiger partial charge is 0.370 e. The lowest BCUT2D eigenvalue weighted by atomic mass is 9.83. The first-order valence-corrected chi connectivity index (χ1v) is 11.2. The van der Waals surface area contributed by atoms with E-state index in [1.54, 1.807) is 29.2 Å². The summed E-state index contributed by atoms with van der Waals surface area (Å²) in [5, 5.41) is 5.54. The molecule has 1 aliphatic carbocycles. The highest BCUT2D eigenvalue weighted by atomic mass is 16.5. The fraction of sp³-hybridized carbons (Fsp3) is 0.609. The molecule has 1 aromatic rings. The summed E-state index contributed by atoms with van der Waals surface area (Å²) >= 11 is 0. The van der Waals surface area contributed by atoms with Crippen molar-refractivity contribution in [3.63, 3.8) is 0 Å². The Bertz CT molecular complexity index is 786. The van der Waals surface area contributed by atoms with Crippen LogP contribution in [0.25, 0.3) is 0 Å². The average Bonchev–Trinajstić information content (AvgIpc) is 3.37. The number of hydrogen-bond donors (Lipinski definition) is 2. The Labute approximate surface area is 177 Å². The highest BCUT2D eigenvalue weighted by molar-refractivity contribution is 5.98. The molecule has 7 nitrogen and oxygen atoms in total. The minimum Gasteiger partial charge on any atom is -0.370 e. The molecule has 2 aliphatic heterocycles. The van der Waals surface area contributed by atoms with Crippen LogP contribution in [-0.2, 0) is 14.3 Å². The standard InChI is InChI=1S/C23H31N3O4/c27-20(24-15-19-10-13-23(30-19)11-2-1-3-12-23)16-25-22(29)17-6-8-18(9-7-17)26-14-4-5-21(26)28/h6-9,19H,1-5,10-16H2,(H,24,27)(H,25,29). The van der Waals surface area contributed by atoms with E-state index in [1.165, 1.54) is 19.3 Å². The zero-order chi connectivity index (χ0) is 21.0. The Morgan fingerprint density at radius 3 is 2.50 bits per heavy atom. The van der Waals surface area contributed by atoms with Crippen LogP contribution in [0.5, 0.6) is 0 Å². The number of nitrogens with one attached hydrogen (secondary N) is 2. The summed E-state index contributed by atoms with van der Waals surface area (Å²) in [5.74, 6) is -0.400. The van der Waals surface area contributed by atoms with Crippen LogP contribution < -0.4 is 15.5 Å². The van der Waals surface area contributed by atoms with Crippen molar-refractivity contribution in [1.82, 2.24) is 10.6 Å². The Morgan fingerprint density at radius 1 is 1.03 bits per heavy atom. The summed E-state index contributed by atoms with van der Waals surface area (Å²) < 4.78 is 6.27. The number of carbonyl (C=O) groups excluding carboxylic acids is 3. The Hall–Kier alpha value is -2.41. The van der Waals surface area contributed by atoms with Gasteiger partial charge in [-0.2, -0.15) is 0 Å². The molecule has 3 fully saturated rings. The summed E-state index contributed by atoms with van der Waals surface area (Å²) in [6.07, 6.45) is 9.63. The maximum atomic E-state index is 12.3. The molecule has 1 aromatic carbocycles. The molecule has 3 aliphatic rings. The van der Waals surface area contributed by atoms with Gasteiger partial charge in [0.15, 0.2) is 0 Å². The maximum absolute atomic E-state index is 12.3. The second-order valence-corrected chi connectivity index (χ2v) is 8.70. The second kappa shape index (κ2) is 9.16. The van der Waals surface area contributed by atoms with E-state index >= 15 is 0 Å². The smallest absolute Gasteiger partial charge is 0.251 e. The van der Waals surface area contributed by atoms with Crippen molar-refractivity contribution >= 4 is 23.4 Å². The average molecular weight is 414 g/mol. The van der Waals surface area contributed by atoms with Crippen LogP contribution in [0, 0.1) is 0 Å². The Kier molecular flexibility index (Phi) is 6.37. The molecule has 1 unspecified atom stereocenters. The molecule has 162 valence electrons. The number of carbonyl (C=O) groups is 3. The van der Waals surface area contributed by atoms with E-state index < -0.39 is 0 Å². The Balaban J connectivity index is 1.18. The van der Waals surface area contributed by atoms with Gasteiger partial charge in [0.05, 0.1) is 18.2 Å². The quantitative estimate of drug-likeness (QED) is 0.750. The van der Waals surface area contributed by atoms with Crippen LogP contribution in [0.4, 0.5) is 5.69 Å². The fourth-order valence-corrected chi connectivity index (χ4v) is 4.87. The van der Waals surface area contributed by atoms with Crippen LogP contribution >= 0.6 is 0 Å². The molecule has 0 radical (unpaired) electrons. The van der Waals surface area contributed by atoms with E-state index in [0.29, 0.717) is 18.5 Å². The molecular weight excluding hydrogens is 382 g/mol. The van der Waals surface area contributed by atoms with Crippen LogP contribution in [0.3, 0.4) is 0 Å². The monoisotopic (exact) mass is 413 g/mol. The molecule has 0 aromatic heterocycles. The minimum absolute atomic E-state index is 0.0493. The SMILES string of the molecule is O=C(CNC(=O)c1ccc(N2CCCC2=O)cc1)NCC1CCC2(CCCCC2)O1. The van der Waals surface area contributed by atoms with Crippen LogP contribution in [0.1, 0.15) is 68.1 Å². The van der Waals surface area contributed by atoms with Gasteiger partial charge < -0.3 is 20.3 Å². The van der Waals surface area contributed by atoms with Crippen molar-refractivity contribution in [3.8, 4) is 0 Å². The van der Waals surface area contributed by atoms with Crippen molar-refractivity contribution < 1.29 is 19.1 Å². The highest BCUT2D eigenvalue weighted by Gasteiger charge is 2.40. The molecule has 2 saturated heterocycles. The molecule has 0 bridgehead atoms. The molecule has 4 rings (SSSR count). The van der Waals surface area contributed by atoms with Gasteiger partial charge in [-0.1, -0.05) is 19.3 Å². The van der Waals surface area contributed by atoms with Gasteiger partial charge in [0.1, 0.15) is 0 Å². The van der Waals surface area contributed by atoms with Crippen molar-refractivity contribution in [3.05, 3.63) is 29.8 Å². The zero-order valence-corrected chi connectivity index (χ0v) is 17.5. The molecule has 2 heterocycles. The number of hydrogen-bond acceptors (Lipinski definition) is 4. The number of anilines is 1. The number of benzene rings is 1. The number of amides is 3. The maximum Gasteiger partial charge on any atom is 0.251 e. The predicted octanol–water partition coefficient (Wildman–Crippen LogP) is 2.54. The predicted molar refractivity (Wildman–Crippen MR) is 113 cm³/mol. The molecule has 1 spiro atoms. The summed E-state index contributed by atoms with van der Waals surface area (Å²) in [6, 6.07) is 6.92. The van der Waals surface area contributed by atoms with Crippen molar-refractivity contribution in [1.29, 1.82) is 0 Å². The fourth-order valence-electron chi connectivity index (χ4n) is 4.87. The topological polar surface area (TPSA) is 87.7 Å². The first kappa shape index (κ1) is 20.8. The first-order valence-electron chi connectivity index (χ1n) is 11.2. The highest BCUT2D eigenvalue weighted by Crippen LogP contribution is 2.41. The molecule has 1 saturated carbocycles. The van der Waals surface area contributed by atoms with Crippen LogP contribution in [-0.4, -0.2) is 49.1 Å². The number of ether oxygens (including phenoxy) is 1. The van der Waals surface area contributed by atoms with Gasteiger partial charge in [0.25, 0.3) is 5.91 Å². The van der Waals surface area contributed by atoms with Crippen molar-refractivity contribution in [2.24, 2.45) is 0 Å². The van der Waals surface area contributed by atoms with Gasteiger partial charge >= 0.3 is 0 Å². The van der Waals surface area contributed by atoms with Gasteiger partial charge in [-0.3, -0.25) is 14.4 Å². The summed E-state index contributed by atoms with van der Waals surface area (Å²) in [5.41, 5.74) is 1.32. The van der Waals surface area contributed by atoms with Crippen molar-refractivity contribution in [2.45, 2.75) is 69.5 Å². The minimum atomic E-state index is -0.303. The summed E-state index contributed by atoms with van der Waals surface area (Å²) in [7, 11) is 0. The molecule has 7 heteroatoms. The molecule has 3 amide bonds. The van der Waals surface area contributed by atoms with E-state index in [9.17, 15) is 14.4 Å². The van der Waals surface area contributed by atoms with Gasteiger partial charge in [0, 0.05) is 30.8 Å². The Morgan fingerprint density at radius 2 is 1.80 bits per heavy atom. The first-order chi connectivity index (χ1) is 14.5. The third kappa shape index (κ3) is 4.83. The lowest BCUT2D eigenvalue weighted by Crippen LogP contribution is -2.41. The van der Waals surface area contributed by atoms with Gasteiger partial charge in [-0.15, -0.1) is 0 Å². The third-order valence-electron chi connectivity index (χ3n) is 6.55. The number of rotatable bonds is 6. The van der Waals surface area contributed by atoms with E-state index in [1.807, 2.05) is 0 Å². The molecule has 2 N–H and O–H groups in total. The normalized spacial score (nSPS) is 23.0. The molecule has 30 heavy (non-hydrogen) atoms. The van der Waals surface area contributed by atoms with E-state index in [-0.39, 0.29) is 36.0 Å². The van der Waals surface area contributed by atoms with Gasteiger partial charge in [-0.25, -0.2) is 0 Å². The van der Waals surface area contributed by atoms with Gasteiger partial charge in [-0.05, 0) is 56.4 Å². The second-order valence-electron chi connectivity index (χ2n) is 8.70. The summed E-state index contributed by atoms with van der Waals surface area (Å²) in [6.45, 7) is 1.15. The molecule has 1 atom stereocenters. The van der Waals surface area contributed by atoms with Crippen LogP contribution in [0.2, 0.25) is 0 Å². The van der Waals surface area contributed by atoms with E-state index in [2.05, 4.69) is 10.6 Å². The zero-order valence-electron chi connectivity index (χ0n) is 17.5. The van der Waals surface area contributed by atoms with Crippen LogP contribution in [0.15, 0.2) is 24.3 Å². The van der Waals surface area contributed by atoms with Crippen molar-refractivity contribution in [2.75, 3.05) is 24.5 Å². The van der Waals surface area contributed by atoms with Gasteiger partial charge in [0.2, 0.25) is 11.8 Å². The lowest BCUT2D eigenvalue weighted by Gasteiger charge is -2.33. The number of nitrogens with zero attached hydrogens (tertiary/aromatic N) is 1. The summed E-state index contributed by atoms with van der Waals surface area (Å²) in [4.78, 5) is 38.0.